The molecule has 1 N–H and O–H groups in total. The number of hydrogen-bond acceptors (Lipinski definition) is 3. The second-order valence-electron chi connectivity index (χ2n) is 3.51. The Morgan fingerprint density at radius 2 is 2.31 bits per heavy atom. The highest BCUT2D eigenvalue weighted by Crippen LogP contribution is 2.22. The van der Waals surface area contributed by atoms with Crippen LogP contribution < -0.4 is 0 Å². The lowest BCUT2D eigenvalue weighted by Gasteiger charge is -2.12. The first kappa shape index (κ1) is 10.4. The molecule has 4 heteroatoms. The molecule has 0 amide bonds. The van der Waals surface area contributed by atoms with E-state index in [4.69, 9.17) is 5.26 Å². The summed E-state index contributed by atoms with van der Waals surface area (Å²) in [6, 6.07) is 9.03. The Labute approximate surface area is 93.4 Å². The Bertz CT molecular complexity index is 524. The van der Waals surface area contributed by atoms with E-state index < -0.39 is 6.10 Å². The topological polar surface area (TPSA) is 61.8 Å². The molecular weight excluding hydrogens is 202 g/mol. The van der Waals surface area contributed by atoms with Gasteiger partial charge in [0, 0.05) is 18.0 Å². The molecule has 0 spiro atoms. The van der Waals surface area contributed by atoms with Gasteiger partial charge in [0.2, 0.25) is 0 Å². The molecule has 80 valence electrons. The van der Waals surface area contributed by atoms with Crippen molar-refractivity contribution in [1.82, 2.24) is 9.78 Å². The number of aliphatic hydroxyl groups excluding tert-OH is 1. The van der Waals surface area contributed by atoms with Gasteiger partial charge in [-0.05, 0) is 25.1 Å². The van der Waals surface area contributed by atoms with Crippen LogP contribution in [0.3, 0.4) is 0 Å². The van der Waals surface area contributed by atoms with Crippen molar-refractivity contribution in [2.45, 2.75) is 13.0 Å². The second kappa shape index (κ2) is 4.17. The highest BCUT2D eigenvalue weighted by atomic mass is 16.3. The Balaban J connectivity index is 2.61. The van der Waals surface area contributed by atoms with Gasteiger partial charge in [0.15, 0.2) is 0 Å². The van der Waals surface area contributed by atoms with Crippen LogP contribution in [0.15, 0.2) is 36.7 Å². The third-order valence-electron chi connectivity index (χ3n) is 2.36. The van der Waals surface area contributed by atoms with Crippen molar-refractivity contribution in [2.24, 2.45) is 0 Å². The molecule has 2 rings (SSSR count). The quantitative estimate of drug-likeness (QED) is 0.827. The monoisotopic (exact) mass is 213 g/mol. The molecule has 0 fully saturated rings. The van der Waals surface area contributed by atoms with Crippen molar-refractivity contribution < 1.29 is 5.11 Å². The summed E-state index contributed by atoms with van der Waals surface area (Å²) in [6.07, 6.45) is 2.85. The van der Waals surface area contributed by atoms with Crippen LogP contribution in [-0.2, 0) is 0 Å². The number of aliphatic hydroxyl groups is 1. The van der Waals surface area contributed by atoms with Gasteiger partial charge in [-0.1, -0.05) is 6.07 Å². The van der Waals surface area contributed by atoms with Crippen molar-refractivity contribution in [3.63, 3.8) is 0 Å². The van der Waals surface area contributed by atoms with Crippen LogP contribution in [0.25, 0.3) is 5.69 Å². The van der Waals surface area contributed by atoms with Crippen molar-refractivity contribution in [3.8, 4) is 11.8 Å². The van der Waals surface area contributed by atoms with Crippen LogP contribution in [0.5, 0.6) is 0 Å². The summed E-state index contributed by atoms with van der Waals surface area (Å²) in [7, 11) is 0. The number of benzene rings is 1. The van der Waals surface area contributed by atoms with Crippen LogP contribution in [0.1, 0.15) is 24.2 Å². The molecule has 0 aliphatic carbocycles. The van der Waals surface area contributed by atoms with Gasteiger partial charge in [0.25, 0.3) is 0 Å². The summed E-state index contributed by atoms with van der Waals surface area (Å²) in [5, 5.41) is 22.6. The van der Waals surface area contributed by atoms with E-state index >= 15 is 0 Å². The minimum atomic E-state index is -0.591. The second-order valence-corrected chi connectivity index (χ2v) is 3.51. The summed E-state index contributed by atoms with van der Waals surface area (Å²) < 4.78 is 1.64. The van der Waals surface area contributed by atoms with E-state index in [9.17, 15) is 5.11 Å². The van der Waals surface area contributed by atoms with Gasteiger partial charge in [0.1, 0.15) is 0 Å². The molecule has 0 saturated carbocycles. The normalized spacial score (nSPS) is 12.1. The predicted octanol–water partition coefficient (Wildman–Crippen LogP) is 1.80. The molecule has 0 saturated heterocycles. The van der Waals surface area contributed by atoms with Gasteiger partial charge in [-0.3, -0.25) is 0 Å². The van der Waals surface area contributed by atoms with E-state index in [1.807, 2.05) is 0 Å². The Morgan fingerprint density at radius 3 is 2.88 bits per heavy atom. The lowest BCUT2D eigenvalue weighted by Crippen LogP contribution is -2.03. The number of rotatable bonds is 2. The number of nitrogens with zero attached hydrogens (tertiary/aromatic N) is 3. The highest BCUT2D eigenvalue weighted by molar-refractivity contribution is 5.48. The van der Waals surface area contributed by atoms with E-state index in [-0.39, 0.29) is 0 Å². The fourth-order valence-electron chi connectivity index (χ4n) is 1.58. The molecule has 0 aliphatic heterocycles. The van der Waals surface area contributed by atoms with Crippen molar-refractivity contribution in [3.05, 3.63) is 47.8 Å². The maximum absolute atomic E-state index is 9.64. The summed E-state index contributed by atoms with van der Waals surface area (Å²) in [5.41, 5.74) is 2.04. The average molecular weight is 213 g/mol. The zero-order chi connectivity index (χ0) is 11.5. The standard InChI is InChI=1S/C12H11N3O/c1-9(16)11-4-3-10(8-13)7-12(11)15-6-2-5-14-15/h2-7,9,16H,1H3/t9-/m0/s1. The maximum atomic E-state index is 9.64. The van der Waals surface area contributed by atoms with Crippen LogP contribution in [0.2, 0.25) is 0 Å². The Hall–Kier alpha value is -2.12. The van der Waals surface area contributed by atoms with Crippen LogP contribution in [-0.4, -0.2) is 14.9 Å². The SMILES string of the molecule is C[C@H](O)c1ccc(C#N)cc1-n1cccn1. The maximum Gasteiger partial charge on any atom is 0.0992 e. The summed E-state index contributed by atoms with van der Waals surface area (Å²) in [5.74, 6) is 0. The van der Waals surface area contributed by atoms with E-state index in [2.05, 4.69) is 11.2 Å². The third kappa shape index (κ3) is 1.81. The van der Waals surface area contributed by atoms with Crippen molar-refractivity contribution in [1.29, 1.82) is 5.26 Å². The zero-order valence-electron chi connectivity index (χ0n) is 8.83. The van der Waals surface area contributed by atoms with Crippen molar-refractivity contribution >= 4 is 0 Å². The molecule has 0 unspecified atom stereocenters. The van der Waals surface area contributed by atoms with Crippen LogP contribution >= 0.6 is 0 Å². The van der Waals surface area contributed by atoms with Gasteiger partial charge in [-0.15, -0.1) is 0 Å². The number of aromatic nitrogens is 2. The molecule has 1 heterocycles. The van der Waals surface area contributed by atoms with Gasteiger partial charge in [0.05, 0.1) is 23.4 Å². The van der Waals surface area contributed by atoms with Crippen molar-refractivity contribution in [2.75, 3.05) is 0 Å². The van der Waals surface area contributed by atoms with Crippen LogP contribution in [0, 0.1) is 11.3 Å². The molecule has 4 nitrogen and oxygen atoms in total. The molecule has 1 atom stereocenters. The molecule has 0 radical (unpaired) electrons. The predicted molar refractivity (Wildman–Crippen MR) is 58.9 cm³/mol. The largest absolute Gasteiger partial charge is 0.389 e. The molecular formula is C12H11N3O. The van der Waals surface area contributed by atoms with Gasteiger partial charge < -0.3 is 5.11 Å². The van der Waals surface area contributed by atoms with Gasteiger partial charge in [-0.25, -0.2) is 4.68 Å². The Morgan fingerprint density at radius 1 is 1.50 bits per heavy atom. The first-order valence-electron chi connectivity index (χ1n) is 4.94. The van der Waals surface area contributed by atoms with Gasteiger partial charge >= 0.3 is 0 Å². The zero-order valence-corrected chi connectivity index (χ0v) is 8.83. The average Bonchev–Trinajstić information content (AvgIpc) is 2.81. The molecule has 0 bridgehead atoms. The highest BCUT2D eigenvalue weighted by Gasteiger charge is 2.10. The number of hydrogen-bond donors (Lipinski definition) is 1. The number of nitriles is 1. The molecule has 0 aliphatic rings. The lowest BCUT2D eigenvalue weighted by molar-refractivity contribution is 0.199. The van der Waals surface area contributed by atoms with E-state index in [0.717, 1.165) is 11.3 Å². The molecule has 1 aromatic heterocycles. The fourth-order valence-corrected chi connectivity index (χ4v) is 1.58. The molecule has 16 heavy (non-hydrogen) atoms. The smallest absolute Gasteiger partial charge is 0.0992 e. The first-order chi connectivity index (χ1) is 7.72. The lowest BCUT2D eigenvalue weighted by atomic mass is 10.1. The summed E-state index contributed by atoms with van der Waals surface area (Å²) >= 11 is 0. The summed E-state index contributed by atoms with van der Waals surface area (Å²) in [4.78, 5) is 0. The van der Waals surface area contributed by atoms with E-state index in [0.29, 0.717) is 5.56 Å². The minimum absolute atomic E-state index is 0.551. The first-order valence-corrected chi connectivity index (χ1v) is 4.94. The minimum Gasteiger partial charge on any atom is -0.389 e. The third-order valence-corrected chi connectivity index (χ3v) is 2.36. The molecule has 2 aromatic rings. The molecule has 1 aromatic carbocycles. The fraction of sp³-hybridized carbons (Fsp3) is 0.167. The summed E-state index contributed by atoms with van der Waals surface area (Å²) in [6.45, 7) is 1.69. The van der Waals surface area contributed by atoms with Crippen LogP contribution in [0.4, 0.5) is 0 Å². The van der Waals surface area contributed by atoms with Gasteiger partial charge in [-0.2, -0.15) is 10.4 Å². The van der Waals surface area contributed by atoms with E-state index in [1.165, 1.54) is 0 Å². The van der Waals surface area contributed by atoms with E-state index in [1.54, 1.807) is 48.3 Å². The Kier molecular flexibility index (Phi) is 2.71.